The number of β-amino-alcohol motifs (C(OH)–C–C–N with tert-alkyl or cyclic N) is 1. The van der Waals surface area contributed by atoms with E-state index in [1.54, 1.807) is 11.8 Å². The lowest BCUT2D eigenvalue weighted by molar-refractivity contribution is -0.131. The number of carbonyl (C=O) groups excluding carboxylic acids is 2. The minimum absolute atomic E-state index is 0.0362. The van der Waals surface area contributed by atoms with Crippen LogP contribution in [0.2, 0.25) is 0 Å². The number of rotatable bonds is 12. The van der Waals surface area contributed by atoms with E-state index in [0.717, 1.165) is 50.0 Å². The van der Waals surface area contributed by atoms with Crippen molar-refractivity contribution in [2.75, 3.05) is 49.4 Å². The Bertz CT molecular complexity index is 832. The highest BCUT2D eigenvalue weighted by Gasteiger charge is 2.34. The van der Waals surface area contributed by atoms with Crippen molar-refractivity contribution in [1.29, 1.82) is 0 Å². The van der Waals surface area contributed by atoms with Crippen molar-refractivity contribution in [3.63, 3.8) is 0 Å². The molecule has 0 spiro atoms. The molecule has 1 aliphatic carbocycles. The maximum absolute atomic E-state index is 13.4. The van der Waals surface area contributed by atoms with Gasteiger partial charge in [0.2, 0.25) is 11.8 Å². The van der Waals surface area contributed by atoms with E-state index in [9.17, 15) is 14.7 Å². The summed E-state index contributed by atoms with van der Waals surface area (Å²) in [5.41, 5.74) is 1.32. The van der Waals surface area contributed by atoms with E-state index >= 15 is 0 Å². The summed E-state index contributed by atoms with van der Waals surface area (Å²) in [4.78, 5) is 31.0. The molecule has 7 nitrogen and oxygen atoms in total. The van der Waals surface area contributed by atoms with Gasteiger partial charge in [0, 0.05) is 49.6 Å². The number of aliphatic hydroxyl groups excluding tert-OH is 1. The number of amides is 2. The van der Waals surface area contributed by atoms with Gasteiger partial charge in [0.05, 0.1) is 12.6 Å². The smallest absolute Gasteiger partial charge is 0.243 e. The van der Waals surface area contributed by atoms with Gasteiger partial charge in [-0.2, -0.15) is 11.8 Å². The van der Waals surface area contributed by atoms with E-state index in [-0.39, 0.29) is 30.5 Å². The van der Waals surface area contributed by atoms with E-state index < -0.39 is 6.04 Å². The van der Waals surface area contributed by atoms with Gasteiger partial charge in [-0.3, -0.25) is 19.4 Å². The van der Waals surface area contributed by atoms with Gasteiger partial charge < -0.3 is 15.7 Å². The minimum atomic E-state index is -0.523. The number of piperidine rings is 1. The number of likely N-dealkylation sites (tertiary alicyclic amines) is 1. The Hall–Kier alpha value is -1.26. The van der Waals surface area contributed by atoms with Gasteiger partial charge in [-0.15, -0.1) is 11.8 Å². The maximum atomic E-state index is 13.4. The summed E-state index contributed by atoms with van der Waals surface area (Å²) >= 11 is 3.52. The first-order valence-corrected chi connectivity index (χ1v) is 16.3. The molecule has 2 saturated heterocycles. The van der Waals surface area contributed by atoms with Crippen LogP contribution in [0.25, 0.3) is 0 Å². The molecular weight excluding hydrogens is 504 g/mol. The summed E-state index contributed by atoms with van der Waals surface area (Å²) in [5.74, 6) is 3.72. The predicted octanol–water partition coefficient (Wildman–Crippen LogP) is 2.93. The average Bonchev–Trinajstić information content (AvgIpc) is 3.39. The molecule has 37 heavy (non-hydrogen) atoms. The van der Waals surface area contributed by atoms with Crippen molar-refractivity contribution in [3.05, 3.63) is 35.9 Å². The Morgan fingerprint density at radius 3 is 2.57 bits per heavy atom. The first kappa shape index (κ1) is 28.7. The number of hydrogen-bond acceptors (Lipinski definition) is 7. The molecule has 2 amide bonds. The Kier molecular flexibility index (Phi) is 11.9. The number of benzene rings is 1. The van der Waals surface area contributed by atoms with E-state index in [4.69, 9.17) is 0 Å². The van der Waals surface area contributed by atoms with Crippen molar-refractivity contribution in [1.82, 2.24) is 20.4 Å². The highest BCUT2D eigenvalue weighted by molar-refractivity contribution is 7.99. The van der Waals surface area contributed by atoms with Gasteiger partial charge >= 0.3 is 0 Å². The molecule has 1 aromatic rings. The lowest BCUT2D eigenvalue weighted by Crippen LogP contribution is -2.56. The summed E-state index contributed by atoms with van der Waals surface area (Å²) in [5, 5.41) is 15.7. The molecular formula is C28H44N4O3S2. The standard InChI is InChI=1S/C28H44N4O3S2/c33-16-15-32-21-37-20-26(32)28(35)30-25(19-36-18-23-9-5-2-6-10-23)27(34)29-24-11-13-31(14-12-24)17-22-7-3-1-4-8-22/h1,3-4,7-8,23-26,33H,2,5-6,9-21H2,(H,29,34)(H,30,35)/t25-,26-/m0/s1. The van der Waals surface area contributed by atoms with Gasteiger partial charge in [0.25, 0.3) is 0 Å². The Balaban J connectivity index is 1.28. The van der Waals surface area contributed by atoms with Crippen molar-refractivity contribution in [3.8, 4) is 0 Å². The summed E-state index contributed by atoms with van der Waals surface area (Å²) in [7, 11) is 0. The third-order valence-corrected chi connectivity index (χ3v) is 10.2. The van der Waals surface area contributed by atoms with Crippen LogP contribution < -0.4 is 10.6 Å². The SMILES string of the molecule is O=C(NC1CCN(Cc2ccccc2)CC1)[C@H](CSCC1CCCCC1)NC(=O)[C@@H]1CSCN1CCO. The fourth-order valence-electron chi connectivity index (χ4n) is 5.60. The molecule has 0 aromatic heterocycles. The van der Waals surface area contributed by atoms with Crippen LogP contribution in [0.3, 0.4) is 0 Å². The molecule has 3 N–H and O–H groups in total. The van der Waals surface area contributed by atoms with Crippen molar-refractivity contribution in [2.24, 2.45) is 5.92 Å². The van der Waals surface area contributed by atoms with Crippen LogP contribution in [-0.2, 0) is 16.1 Å². The van der Waals surface area contributed by atoms with Gasteiger partial charge in [0.15, 0.2) is 0 Å². The second kappa shape index (κ2) is 15.4. The van der Waals surface area contributed by atoms with Crippen LogP contribution in [0.5, 0.6) is 0 Å². The number of nitrogens with zero attached hydrogens (tertiary/aromatic N) is 2. The summed E-state index contributed by atoms with van der Waals surface area (Å²) < 4.78 is 0. The molecule has 4 rings (SSSR count). The third-order valence-electron chi connectivity index (χ3n) is 7.84. The molecule has 9 heteroatoms. The van der Waals surface area contributed by atoms with Crippen LogP contribution >= 0.6 is 23.5 Å². The quantitative estimate of drug-likeness (QED) is 0.370. The minimum Gasteiger partial charge on any atom is -0.395 e. The Morgan fingerprint density at radius 1 is 1.08 bits per heavy atom. The van der Waals surface area contributed by atoms with Crippen LogP contribution in [0.15, 0.2) is 30.3 Å². The van der Waals surface area contributed by atoms with Crippen LogP contribution in [0.1, 0.15) is 50.5 Å². The highest BCUT2D eigenvalue weighted by Crippen LogP contribution is 2.27. The number of nitrogens with one attached hydrogen (secondary N) is 2. The molecule has 2 atom stereocenters. The van der Waals surface area contributed by atoms with Crippen molar-refractivity contribution < 1.29 is 14.7 Å². The van der Waals surface area contributed by atoms with Crippen molar-refractivity contribution >= 4 is 35.3 Å². The fraction of sp³-hybridized carbons (Fsp3) is 0.714. The van der Waals surface area contributed by atoms with Crippen LogP contribution in [0.4, 0.5) is 0 Å². The first-order valence-electron chi connectivity index (χ1n) is 14.0. The average molecular weight is 549 g/mol. The molecule has 0 radical (unpaired) electrons. The second-order valence-electron chi connectivity index (χ2n) is 10.7. The zero-order chi connectivity index (χ0) is 25.9. The second-order valence-corrected chi connectivity index (χ2v) is 12.8. The summed E-state index contributed by atoms with van der Waals surface area (Å²) in [6.45, 7) is 3.39. The maximum Gasteiger partial charge on any atom is 0.243 e. The molecule has 2 aliphatic heterocycles. The lowest BCUT2D eigenvalue weighted by atomic mass is 9.91. The van der Waals surface area contributed by atoms with E-state index in [1.807, 2.05) is 22.7 Å². The molecule has 206 valence electrons. The summed E-state index contributed by atoms with van der Waals surface area (Å²) in [6.07, 6.45) is 8.40. The zero-order valence-corrected chi connectivity index (χ0v) is 23.6. The number of hydrogen-bond donors (Lipinski definition) is 3. The molecule has 1 aromatic carbocycles. The van der Waals surface area contributed by atoms with Gasteiger partial charge in [-0.05, 0) is 42.9 Å². The molecule has 0 unspecified atom stereocenters. The predicted molar refractivity (Wildman–Crippen MR) is 154 cm³/mol. The molecule has 3 aliphatic rings. The molecule has 0 bridgehead atoms. The molecule has 1 saturated carbocycles. The first-order chi connectivity index (χ1) is 18.1. The van der Waals surface area contributed by atoms with Gasteiger partial charge in [-0.25, -0.2) is 0 Å². The number of carbonyl (C=O) groups is 2. The monoisotopic (exact) mass is 548 g/mol. The van der Waals surface area contributed by atoms with Gasteiger partial charge in [0.1, 0.15) is 6.04 Å². The Morgan fingerprint density at radius 2 is 1.84 bits per heavy atom. The van der Waals surface area contributed by atoms with Crippen molar-refractivity contribution in [2.45, 2.75) is 69.6 Å². The summed E-state index contributed by atoms with van der Waals surface area (Å²) in [6, 6.07) is 9.88. The van der Waals surface area contributed by atoms with E-state index in [2.05, 4.69) is 39.8 Å². The molecule has 2 heterocycles. The van der Waals surface area contributed by atoms with Gasteiger partial charge in [-0.1, -0.05) is 49.6 Å². The zero-order valence-electron chi connectivity index (χ0n) is 22.0. The molecule has 3 fully saturated rings. The number of thioether (sulfide) groups is 2. The number of aliphatic hydroxyl groups is 1. The normalized spacial score (nSPS) is 23.1. The highest BCUT2D eigenvalue weighted by atomic mass is 32.2. The lowest BCUT2D eigenvalue weighted by Gasteiger charge is -2.33. The topological polar surface area (TPSA) is 84.9 Å². The third kappa shape index (κ3) is 9.17. The fourth-order valence-corrected chi connectivity index (χ4v) is 8.11. The van der Waals surface area contributed by atoms with E-state index in [1.165, 1.54) is 37.7 Å². The largest absolute Gasteiger partial charge is 0.395 e. The Labute approximate surface area is 230 Å². The van der Waals surface area contributed by atoms with Crippen LogP contribution in [0, 0.1) is 5.92 Å². The van der Waals surface area contributed by atoms with Crippen LogP contribution in [-0.4, -0.2) is 94.2 Å². The van der Waals surface area contributed by atoms with E-state index in [0.29, 0.717) is 18.1 Å².